The summed E-state index contributed by atoms with van der Waals surface area (Å²) in [5.41, 5.74) is -0.545. The van der Waals surface area contributed by atoms with E-state index in [2.05, 4.69) is 0 Å². The van der Waals surface area contributed by atoms with Crippen LogP contribution in [0, 0.1) is 0 Å². The monoisotopic (exact) mass is 270 g/mol. The van der Waals surface area contributed by atoms with E-state index in [0.29, 0.717) is 31.1 Å². The first-order chi connectivity index (χ1) is 8.95. The molecular weight excluding hydrogens is 248 g/mol. The minimum Gasteiger partial charge on any atom is -0.491 e. The summed E-state index contributed by atoms with van der Waals surface area (Å²) in [6.45, 7) is 4.23. The Morgan fingerprint density at radius 3 is 2.26 bits per heavy atom. The van der Waals surface area contributed by atoms with Crippen LogP contribution in [0.3, 0.4) is 0 Å². The summed E-state index contributed by atoms with van der Waals surface area (Å²) >= 11 is 0. The Bertz CT molecular complexity index is 355. The molecule has 0 amide bonds. The molecule has 19 heavy (non-hydrogen) atoms. The second-order valence-electron chi connectivity index (χ2n) is 4.81. The van der Waals surface area contributed by atoms with Gasteiger partial charge in [0.05, 0.1) is 25.4 Å². The lowest BCUT2D eigenvalue weighted by Crippen LogP contribution is -2.28. The molecule has 1 unspecified atom stereocenters. The molecular formula is C14H22O5. The highest BCUT2D eigenvalue weighted by molar-refractivity contribution is 5.29. The molecule has 0 saturated heterocycles. The van der Waals surface area contributed by atoms with Crippen LogP contribution in [0.25, 0.3) is 0 Å². The highest BCUT2D eigenvalue weighted by atomic mass is 16.5. The Kier molecular flexibility index (Phi) is 6.24. The maximum atomic E-state index is 9.89. The van der Waals surface area contributed by atoms with Crippen molar-refractivity contribution in [2.24, 2.45) is 0 Å². The number of hydrogen-bond acceptors (Lipinski definition) is 5. The molecule has 0 radical (unpaired) electrons. The van der Waals surface area contributed by atoms with Gasteiger partial charge in [-0.25, -0.2) is 0 Å². The van der Waals surface area contributed by atoms with Crippen LogP contribution in [-0.4, -0.2) is 47.3 Å². The maximum Gasteiger partial charge on any atom is 0.119 e. The number of benzene rings is 1. The van der Waals surface area contributed by atoms with Gasteiger partial charge in [0.15, 0.2) is 0 Å². The lowest BCUT2D eigenvalue weighted by molar-refractivity contribution is -0.0497. The molecule has 1 rings (SSSR count). The lowest BCUT2D eigenvalue weighted by atomic mass is 9.95. The maximum absolute atomic E-state index is 9.89. The highest BCUT2D eigenvalue weighted by Gasteiger charge is 2.25. The van der Waals surface area contributed by atoms with Gasteiger partial charge in [0.2, 0.25) is 0 Å². The molecule has 5 heteroatoms. The van der Waals surface area contributed by atoms with E-state index < -0.39 is 11.7 Å². The second kappa shape index (κ2) is 7.45. The summed E-state index contributed by atoms with van der Waals surface area (Å²) in [4.78, 5) is 0. The topological polar surface area (TPSA) is 79.2 Å². The molecule has 0 aliphatic rings. The van der Waals surface area contributed by atoms with Crippen molar-refractivity contribution in [3.63, 3.8) is 0 Å². The Hall–Kier alpha value is -1.14. The summed E-state index contributed by atoms with van der Waals surface area (Å²) in [5.74, 6) is 0.666. The SMILES string of the molecule is CC(C)(O)C(O)c1ccc(OCCOCCO)cc1. The van der Waals surface area contributed by atoms with Gasteiger partial charge in [-0.3, -0.25) is 0 Å². The number of ether oxygens (including phenoxy) is 2. The summed E-state index contributed by atoms with van der Waals surface area (Å²) < 4.78 is 10.5. The quantitative estimate of drug-likeness (QED) is 0.611. The summed E-state index contributed by atoms with van der Waals surface area (Å²) in [6.07, 6.45) is -0.936. The molecule has 0 aliphatic carbocycles. The van der Waals surface area contributed by atoms with Crippen LogP contribution < -0.4 is 4.74 Å². The van der Waals surface area contributed by atoms with Gasteiger partial charge in [-0.2, -0.15) is 0 Å². The molecule has 1 aromatic rings. The Morgan fingerprint density at radius 1 is 1.11 bits per heavy atom. The van der Waals surface area contributed by atoms with E-state index in [0.717, 1.165) is 0 Å². The van der Waals surface area contributed by atoms with Crippen molar-refractivity contribution in [3.05, 3.63) is 29.8 Å². The Labute approximate surface area is 113 Å². The van der Waals surface area contributed by atoms with Crippen LogP contribution in [-0.2, 0) is 4.74 Å². The van der Waals surface area contributed by atoms with Gasteiger partial charge in [-0.1, -0.05) is 12.1 Å². The van der Waals surface area contributed by atoms with Crippen LogP contribution in [0.4, 0.5) is 0 Å². The van der Waals surface area contributed by atoms with Crippen LogP contribution in [0.2, 0.25) is 0 Å². The van der Waals surface area contributed by atoms with Crippen molar-refractivity contribution in [1.29, 1.82) is 0 Å². The molecule has 0 aliphatic heterocycles. The molecule has 0 spiro atoms. The fourth-order valence-corrected chi connectivity index (χ4v) is 1.54. The van der Waals surface area contributed by atoms with Gasteiger partial charge in [0, 0.05) is 0 Å². The lowest BCUT2D eigenvalue weighted by Gasteiger charge is -2.24. The zero-order chi connectivity index (χ0) is 14.3. The number of aliphatic hydroxyl groups is 3. The summed E-state index contributed by atoms with van der Waals surface area (Å²) in [5, 5.41) is 28.1. The molecule has 108 valence electrons. The standard InChI is InChI=1S/C14H22O5/c1-14(2,17)13(16)11-3-5-12(6-4-11)19-10-9-18-8-7-15/h3-6,13,15-17H,7-10H2,1-2H3. The van der Waals surface area contributed by atoms with Gasteiger partial charge >= 0.3 is 0 Å². The zero-order valence-corrected chi connectivity index (χ0v) is 11.4. The molecule has 1 atom stereocenters. The highest BCUT2D eigenvalue weighted by Crippen LogP contribution is 2.26. The summed E-state index contributed by atoms with van der Waals surface area (Å²) in [6, 6.07) is 6.89. The van der Waals surface area contributed by atoms with Crippen molar-refractivity contribution in [1.82, 2.24) is 0 Å². The first-order valence-corrected chi connectivity index (χ1v) is 6.27. The fourth-order valence-electron chi connectivity index (χ4n) is 1.54. The molecule has 0 aromatic heterocycles. The van der Waals surface area contributed by atoms with E-state index >= 15 is 0 Å². The Morgan fingerprint density at radius 2 is 1.74 bits per heavy atom. The van der Waals surface area contributed by atoms with Gasteiger partial charge in [-0.05, 0) is 31.5 Å². The third-order valence-corrected chi connectivity index (χ3v) is 2.60. The molecule has 0 bridgehead atoms. The van der Waals surface area contributed by atoms with Crippen molar-refractivity contribution in [3.8, 4) is 5.75 Å². The van der Waals surface area contributed by atoms with E-state index in [1.807, 2.05) is 0 Å². The smallest absolute Gasteiger partial charge is 0.119 e. The number of aliphatic hydroxyl groups excluding tert-OH is 2. The minimum absolute atomic E-state index is 0.00350. The van der Waals surface area contributed by atoms with Gasteiger partial charge < -0.3 is 24.8 Å². The van der Waals surface area contributed by atoms with E-state index in [9.17, 15) is 10.2 Å². The molecule has 0 heterocycles. The molecule has 0 saturated carbocycles. The van der Waals surface area contributed by atoms with E-state index in [1.54, 1.807) is 38.1 Å². The fraction of sp³-hybridized carbons (Fsp3) is 0.571. The van der Waals surface area contributed by atoms with Crippen LogP contribution in [0.1, 0.15) is 25.5 Å². The average molecular weight is 270 g/mol. The molecule has 5 nitrogen and oxygen atoms in total. The van der Waals surface area contributed by atoms with E-state index in [1.165, 1.54) is 0 Å². The second-order valence-corrected chi connectivity index (χ2v) is 4.81. The normalized spacial score (nSPS) is 13.3. The minimum atomic E-state index is -1.18. The molecule has 3 N–H and O–H groups in total. The van der Waals surface area contributed by atoms with Crippen molar-refractivity contribution in [2.45, 2.75) is 25.6 Å². The molecule has 1 aromatic carbocycles. The first kappa shape index (κ1) is 15.9. The zero-order valence-electron chi connectivity index (χ0n) is 11.4. The van der Waals surface area contributed by atoms with Gasteiger partial charge in [0.25, 0.3) is 0 Å². The summed E-state index contributed by atoms with van der Waals surface area (Å²) in [7, 11) is 0. The first-order valence-electron chi connectivity index (χ1n) is 6.27. The van der Waals surface area contributed by atoms with Crippen LogP contribution >= 0.6 is 0 Å². The predicted molar refractivity (Wildman–Crippen MR) is 71.1 cm³/mol. The van der Waals surface area contributed by atoms with E-state index in [4.69, 9.17) is 14.6 Å². The molecule has 0 fully saturated rings. The van der Waals surface area contributed by atoms with Crippen LogP contribution in [0.5, 0.6) is 5.75 Å². The largest absolute Gasteiger partial charge is 0.491 e. The van der Waals surface area contributed by atoms with Crippen molar-refractivity contribution < 1.29 is 24.8 Å². The predicted octanol–water partition coefficient (Wildman–Crippen LogP) is 0.879. The Balaban J connectivity index is 2.44. The third kappa shape index (κ3) is 5.57. The average Bonchev–Trinajstić information content (AvgIpc) is 2.37. The van der Waals surface area contributed by atoms with E-state index in [-0.39, 0.29) is 6.61 Å². The van der Waals surface area contributed by atoms with Gasteiger partial charge in [0.1, 0.15) is 18.5 Å². The van der Waals surface area contributed by atoms with Crippen LogP contribution in [0.15, 0.2) is 24.3 Å². The number of hydrogen-bond donors (Lipinski definition) is 3. The van der Waals surface area contributed by atoms with Crippen molar-refractivity contribution in [2.75, 3.05) is 26.4 Å². The van der Waals surface area contributed by atoms with Gasteiger partial charge in [-0.15, -0.1) is 0 Å². The number of rotatable bonds is 8. The third-order valence-electron chi connectivity index (χ3n) is 2.60. The van der Waals surface area contributed by atoms with Crippen molar-refractivity contribution >= 4 is 0 Å².